The largest absolute Gasteiger partial charge is 0.323 e. The number of aromatic nitrogens is 1. The van der Waals surface area contributed by atoms with Crippen molar-refractivity contribution in [1.29, 1.82) is 0 Å². The van der Waals surface area contributed by atoms with Gasteiger partial charge in [-0.3, -0.25) is 0 Å². The summed E-state index contributed by atoms with van der Waals surface area (Å²) in [6.07, 6.45) is 2.91. The van der Waals surface area contributed by atoms with E-state index in [1.165, 1.54) is 11.6 Å². The molecule has 0 bridgehead atoms. The van der Waals surface area contributed by atoms with Crippen molar-refractivity contribution in [2.45, 2.75) is 25.9 Å². The number of nitrogens with one attached hydrogen (secondary N) is 1. The normalized spacial score (nSPS) is 14.9. The third-order valence-corrected chi connectivity index (χ3v) is 6.10. The van der Waals surface area contributed by atoms with Crippen molar-refractivity contribution in [3.63, 3.8) is 0 Å². The Hall–Kier alpha value is -3.93. The Bertz CT molecular complexity index is 1310. The van der Waals surface area contributed by atoms with Crippen LogP contribution >= 0.6 is 0 Å². The fraction of sp³-hybridized carbons (Fsp3) is 0.148. The number of halogens is 2. The van der Waals surface area contributed by atoms with E-state index in [0.29, 0.717) is 6.54 Å². The van der Waals surface area contributed by atoms with E-state index in [1.54, 1.807) is 4.90 Å². The molecule has 1 atom stereocenters. The second-order valence-corrected chi connectivity index (χ2v) is 8.11. The Kier molecular flexibility index (Phi) is 5.42. The molecular weight excluding hydrogens is 420 g/mol. The number of fused-ring (bicyclic) bond motifs is 3. The number of anilines is 1. The highest BCUT2D eigenvalue weighted by molar-refractivity contribution is 5.90. The molecule has 0 saturated carbocycles. The number of aryl methyl sites for hydroxylation is 1. The van der Waals surface area contributed by atoms with Crippen LogP contribution in [0, 0.1) is 11.6 Å². The van der Waals surface area contributed by atoms with E-state index in [0.717, 1.165) is 41.1 Å². The molecule has 0 saturated heterocycles. The van der Waals surface area contributed by atoms with Gasteiger partial charge in [-0.05, 0) is 53.4 Å². The molecule has 166 valence electrons. The van der Waals surface area contributed by atoms with Gasteiger partial charge in [0.15, 0.2) is 0 Å². The summed E-state index contributed by atoms with van der Waals surface area (Å²) in [5.74, 6) is -1.51. The van der Waals surface area contributed by atoms with Gasteiger partial charge in [0.1, 0.15) is 11.6 Å². The second kappa shape index (κ2) is 8.54. The van der Waals surface area contributed by atoms with Crippen LogP contribution in [0.2, 0.25) is 0 Å². The molecule has 5 rings (SSSR count). The van der Waals surface area contributed by atoms with Crippen LogP contribution in [-0.2, 0) is 13.0 Å². The number of para-hydroxylation sites is 1. The number of urea groups is 1. The van der Waals surface area contributed by atoms with Crippen molar-refractivity contribution in [2.24, 2.45) is 0 Å². The minimum absolute atomic E-state index is 0.0607. The van der Waals surface area contributed by atoms with Gasteiger partial charge in [0, 0.05) is 18.0 Å². The van der Waals surface area contributed by atoms with Crippen molar-refractivity contribution in [1.82, 2.24) is 9.47 Å². The first kappa shape index (κ1) is 20.9. The summed E-state index contributed by atoms with van der Waals surface area (Å²) in [5.41, 5.74) is 4.99. The van der Waals surface area contributed by atoms with Gasteiger partial charge in [0.25, 0.3) is 0 Å². The smallest absolute Gasteiger partial charge is 0.318 e. The predicted octanol–water partition coefficient (Wildman–Crippen LogP) is 6.46. The molecule has 3 aromatic carbocycles. The maximum atomic E-state index is 14.3. The minimum Gasteiger partial charge on any atom is -0.318 e. The maximum Gasteiger partial charge on any atom is 0.323 e. The third kappa shape index (κ3) is 3.89. The van der Waals surface area contributed by atoms with Crippen LogP contribution in [0.4, 0.5) is 19.3 Å². The summed E-state index contributed by atoms with van der Waals surface area (Å²) in [4.78, 5) is 15.2. The van der Waals surface area contributed by atoms with Crippen molar-refractivity contribution >= 4 is 11.7 Å². The van der Waals surface area contributed by atoms with Crippen LogP contribution < -0.4 is 5.32 Å². The molecule has 0 radical (unpaired) electrons. The molecule has 4 aromatic rings. The first-order chi connectivity index (χ1) is 16.0. The number of hydrogen-bond donors (Lipinski definition) is 1. The molecule has 4 nitrogen and oxygen atoms in total. The molecule has 0 spiro atoms. The second-order valence-electron chi connectivity index (χ2n) is 8.11. The van der Waals surface area contributed by atoms with E-state index in [1.807, 2.05) is 54.7 Å². The van der Waals surface area contributed by atoms with Crippen LogP contribution in [0.25, 0.3) is 5.69 Å². The van der Waals surface area contributed by atoms with Crippen LogP contribution in [0.1, 0.15) is 35.3 Å². The molecule has 2 amide bonds. The van der Waals surface area contributed by atoms with Gasteiger partial charge < -0.3 is 14.8 Å². The lowest BCUT2D eigenvalue weighted by Gasteiger charge is -2.31. The molecule has 1 N–H and O–H groups in total. The first-order valence-corrected chi connectivity index (χ1v) is 10.9. The van der Waals surface area contributed by atoms with Gasteiger partial charge in [0.05, 0.1) is 24.0 Å². The van der Waals surface area contributed by atoms with Crippen LogP contribution in [0.15, 0.2) is 85.1 Å². The lowest BCUT2D eigenvalue weighted by atomic mass is 10.00. The zero-order valence-corrected chi connectivity index (χ0v) is 18.1. The van der Waals surface area contributed by atoms with Gasteiger partial charge >= 0.3 is 6.03 Å². The van der Waals surface area contributed by atoms with Crippen LogP contribution in [-0.4, -0.2) is 15.5 Å². The Balaban J connectivity index is 1.62. The van der Waals surface area contributed by atoms with Crippen molar-refractivity contribution in [3.8, 4) is 5.69 Å². The topological polar surface area (TPSA) is 37.3 Å². The predicted molar refractivity (Wildman–Crippen MR) is 124 cm³/mol. The number of rotatable bonds is 3. The lowest BCUT2D eigenvalue weighted by Crippen LogP contribution is -2.38. The average molecular weight is 443 g/mol. The molecule has 0 unspecified atom stereocenters. The Labute approximate surface area is 191 Å². The summed E-state index contributed by atoms with van der Waals surface area (Å²) in [5, 5.41) is 2.65. The summed E-state index contributed by atoms with van der Waals surface area (Å²) >= 11 is 0. The van der Waals surface area contributed by atoms with Crippen LogP contribution in [0.3, 0.4) is 0 Å². The number of amides is 2. The van der Waals surface area contributed by atoms with Gasteiger partial charge in [-0.1, -0.05) is 49.4 Å². The SMILES string of the molecule is CCc1ccc([C@H]2c3cccn3-c3ccccc3CN2C(=O)Nc2ccc(F)cc2F)cc1. The fourth-order valence-corrected chi connectivity index (χ4v) is 4.40. The highest BCUT2D eigenvalue weighted by atomic mass is 19.1. The molecule has 1 aliphatic heterocycles. The molecule has 1 aliphatic rings. The zero-order chi connectivity index (χ0) is 22.9. The van der Waals surface area contributed by atoms with Crippen LogP contribution in [0.5, 0.6) is 0 Å². The van der Waals surface area contributed by atoms with Gasteiger partial charge in [-0.15, -0.1) is 0 Å². The number of nitrogens with zero attached hydrogens (tertiary/aromatic N) is 2. The monoisotopic (exact) mass is 443 g/mol. The highest BCUT2D eigenvalue weighted by Crippen LogP contribution is 2.37. The molecule has 0 aliphatic carbocycles. The standard InChI is InChI=1S/C27H23F2N3O/c1-2-18-9-11-19(12-10-18)26-25-8-5-15-31(25)24-7-4-3-6-20(24)17-32(26)27(33)30-23-14-13-21(28)16-22(23)29/h3-16,26H,2,17H2,1H3,(H,30,33)/t26-/m0/s1. The van der Waals surface area contributed by atoms with E-state index in [9.17, 15) is 13.6 Å². The summed E-state index contributed by atoms with van der Waals surface area (Å²) in [7, 11) is 0. The van der Waals surface area contributed by atoms with Gasteiger partial charge in [-0.2, -0.15) is 0 Å². The number of carbonyl (C=O) groups is 1. The Morgan fingerprint density at radius 1 is 1.00 bits per heavy atom. The summed E-state index contributed by atoms with van der Waals surface area (Å²) < 4.78 is 29.8. The number of carbonyl (C=O) groups excluding carboxylic acids is 1. The quantitative estimate of drug-likeness (QED) is 0.388. The highest BCUT2D eigenvalue weighted by Gasteiger charge is 2.33. The maximum absolute atomic E-state index is 14.3. The molecule has 33 heavy (non-hydrogen) atoms. The summed E-state index contributed by atoms with van der Waals surface area (Å²) in [6.45, 7) is 2.42. The third-order valence-electron chi connectivity index (χ3n) is 6.10. The van der Waals surface area contributed by atoms with Crippen molar-refractivity contribution < 1.29 is 13.6 Å². The molecule has 0 fully saturated rings. The van der Waals surface area contributed by atoms with E-state index in [2.05, 4.69) is 28.9 Å². The first-order valence-electron chi connectivity index (χ1n) is 10.9. The average Bonchev–Trinajstić information content (AvgIpc) is 3.25. The molecule has 6 heteroatoms. The fourth-order valence-electron chi connectivity index (χ4n) is 4.40. The molecular formula is C27H23F2N3O. The van der Waals surface area contributed by atoms with Crippen molar-refractivity contribution in [3.05, 3.63) is 119 Å². The van der Waals surface area contributed by atoms with E-state index in [-0.39, 0.29) is 5.69 Å². The molecule has 1 aromatic heterocycles. The number of benzene rings is 3. The van der Waals surface area contributed by atoms with E-state index < -0.39 is 23.7 Å². The van der Waals surface area contributed by atoms with Crippen molar-refractivity contribution in [2.75, 3.05) is 5.32 Å². The lowest BCUT2D eigenvalue weighted by molar-refractivity contribution is 0.194. The minimum atomic E-state index is -0.814. The summed E-state index contributed by atoms with van der Waals surface area (Å²) in [6, 6.07) is 22.3. The zero-order valence-electron chi connectivity index (χ0n) is 18.1. The number of hydrogen-bond acceptors (Lipinski definition) is 1. The van der Waals surface area contributed by atoms with Gasteiger partial charge in [-0.25, -0.2) is 13.6 Å². The molecule has 2 heterocycles. The van der Waals surface area contributed by atoms with Gasteiger partial charge in [0.2, 0.25) is 0 Å². The van der Waals surface area contributed by atoms with E-state index in [4.69, 9.17) is 0 Å². The van der Waals surface area contributed by atoms with E-state index >= 15 is 0 Å². The Morgan fingerprint density at radius 2 is 1.79 bits per heavy atom. The Morgan fingerprint density at radius 3 is 2.55 bits per heavy atom.